The summed E-state index contributed by atoms with van der Waals surface area (Å²) in [5.74, 6) is 0.337. The van der Waals surface area contributed by atoms with Gasteiger partial charge < -0.3 is 15.2 Å². The zero-order valence-electron chi connectivity index (χ0n) is 14.0. The first kappa shape index (κ1) is 17.0. The van der Waals surface area contributed by atoms with E-state index in [1.165, 1.54) is 5.56 Å². The number of nitrogens with one attached hydrogen (secondary N) is 1. The zero-order chi connectivity index (χ0) is 17.8. The highest BCUT2D eigenvalue weighted by Gasteiger charge is 2.39. The predicted molar refractivity (Wildman–Crippen MR) is 93.3 cm³/mol. The number of carbonyl (C=O) groups is 1. The third kappa shape index (κ3) is 4.37. The molecule has 0 bridgehead atoms. The van der Waals surface area contributed by atoms with Crippen molar-refractivity contribution in [3.8, 4) is 11.8 Å². The molecule has 128 valence electrons. The molecule has 3 rings (SSSR count). The van der Waals surface area contributed by atoms with Crippen LogP contribution in [0.1, 0.15) is 36.0 Å². The molecule has 0 heterocycles. The van der Waals surface area contributed by atoms with E-state index in [2.05, 4.69) is 11.4 Å². The van der Waals surface area contributed by atoms with Crippen LogP contribution < -0.4 is 10.1 Å². The second-order valence-corrected chi connectivity index (χ2v) is 6.34. The lowest BCUT2D eigenvalue weighted by molar-refractivity contribution is -0.139. The van der Waals surface area contributed by atoms with Gasteiger partial charge in [0.15, 0.2) is 0 Å². The average molecular weight is 336 g/mol. The zero-order valence-corrected chi connectivity index (χ0v) is 14.0. The van der Waals surface area contributed by atoms with E-state index >= 15 is 0 Å². The molecule has 5 heteroatoms. The quantitative estimate of drug-likeness (QED) is 0.812. The van der Waals surface area contributed by atoms with Crippen LogP contribution in [0.25, 0.3) is 0 Å². The van der Waals surface area contributed by atoms with Crippen LogP contribution in [0.15, 0.2) is 48.5 Å². The largest absolute Gasteiger partial charge is 0.489 e. The number of rotatable bonds is 7. The van der Waals surface area contributed by atoms with Crippen molar-refractivity contribution in [3.63, 3.8) is 0 Å². The minimum atomic E-state index is -0.822. The fourth-order valence-electron chi connectivity index (χ4n) is 2.79. The van der Waals surface area contributed by atoms with Gasteiger partial charge in [-0.25, -0.2) is 0 Å². The van der Waals surface area contributed by atoms with Gasteiger partial charge in [-0.15, -0.1) is 0 Å². The van der Waals surface area contributed by atoms with Gasteiger partial charge in [0.25, 0.3) is 0 Å². The normalized spacial score (nSPS) is 19.7. The van der Waals surface area contributed by atoms with E-state index in [4.69, 9.17) is 15.1 Å². The minimum absolute atomic E-state index is 0.233. The first-order valence-electron chi connectivity index (χ1n) is 8.27. The molecule has 0 radical (unpaired) electrons. The van der Waals surface area contributed by atoms with Crippen LogP contribution in [0.3, 0.4) is 0 Å². The number of hydrogen-bond donors (Lipinski definition) is 2. The Balaban J connectivity index is 1.51. The Morgan fingerprint density at radius 2 is 1.96 bits per heavy atom. The molecule has 3 atom stereocenters. The summed E-state index contributed by atoms with van der Waals surface area (Å²) < 4.78 is 5.77. The fraction of sp³-hybridized carbons (Fsp3) is 0.300. The monoisotopic (exact) mass is 336 g/mol. The van der Waals surface area contributed by atoms with Crippen LogP contribution in [0.4, 0.5) is 0 Å². The number of nitrogens with zero attached hydrogens (tertiary/aromatic N) is 1. The lowest BCUT2D eigenvalue weighted by Gasteiger charge is -2.09. The number of ether oxygens (including phenoxy) is 1. The topological polar surface area (TPSA) is 82.3 Å². The van der Waals surface area contributed by atoms with Gasteiger partial charge in [0.2, 0.25) is 0 Å². The maximum Gasteiger partial charge on any atom is 0.320 e. The lowest BCUT2D eigenvalue weighted by atomic mass is 10.1. The van der Waals surface area contributed by atoms with E-state index in [-0.39, 0.29) is 6.04 Å². The van der Waals surface area contributed by atoms with Crippen molar-refractivity contribution >= 4 is 5.97 Å². The summed E-state index contributed by atoms with van der Waals surface area (Å²) in [6, 6.07) is 17.1. The van der Waals surface area contributed by atoms with Crippen LogP contribution in [-0.4, -0.2) is 23.2 Å². The van der Waals surface area contributed by atoms with Crippen molar-refractivity contribution in [2.24, 2.45) is 0 Å². The van der Waals surface area contributed by atoms with Crippen molar-refractivity contribution < 1.29 is 14.6 Å². The average Bonchev–Trinajstić information content (AvgIpc) is 3.40. The summed E-state index contributed by atoms with van der Waals surface area (Å²) in [5, 5.41) is 20.8. The Bertz CT molecular complexity index is 778. The van der Waals surface area contributed by atoms with Crippen molar-refractivity contribution in [3.05, 3.63) is 65.2 Å². The minimum Gasteiger partial charge on any atom is -0.489 e. The number of nitriles is 1. The Labute approximate surface area is 146 Å². The maximum atomic E-state index is 10.9. The van der Waals surface area contributed by atoms with Crippen LogP contribution >= 0.6 is 0 Å². The van der Waals surface area contributed by atoms with Gasteiger partial charge in [0.1, 0.15) is 18.4 Å². The molecule has 2 aromatic carbocycles. The van der Waals surface area contributed by atoms with Gasteiger partial charge in [-0.05, 0) is 48.7 Å². The van der Waals surface area contributed by atoms with Crippen molar-refractivity contribution in [1.29, 1.82) is 5.26 Å². The van der Waals surface area contributed by atoms with Gasteiger partial charge in [-0.3, -0.25) is 4.79 Å². The van der Waals surface area contributed by atoms with Crippen molar-refractivity contribution in [1.82, 2.24) is 5.32 Å². The molecule has 1 unspecified atom stereocenters. The van der Waals surface area contributed by atoms with Gasteiger partial charge in [-0.2, -0.15) is 5.26 Å². The molecule has 0 aromatic heterocycles. The second-order valence-electron chi connectivity index (χ2n) is 6.34. The third-order valence-electron chi connectivity index (χ3n) is 4.42. The Kier molecular flexibility index (Phi) is 5.01. The van der Waals surface area contributed by atoms with E-state index < -0.39 is 12.0 Å². The summed E-state index contributed by atoms with van der Waals surface area (Å²) in [5.41, 5.74) is 2.84. The summed E-state index contributed by atoms with van der Waals surface area (Å²) >= 11 is 0. The number of aliphatic carboxylic acids is 1. The molecule has 2 N–H and O–H groups in total. The van der Waals surface area contributed by atoms with E-state index in [0.717, 1.165) is 17.7 Å². The Hall–Kier alpha value is -2.84. The van der Waals surface area contributed by atoms with Crippen LogP contribution in [0, 0.1) is 11.3 Å². The molecule has 0 saturated heterocycles. The molecular formula is C20H20N2O3. The summed E-state index contributed by atoms with van der Waals surface area (Å²) in [6.45, 7) is 2.12. The molecule has 25 heavy (non-hydrogen) atoms. The molecule has 1 aliphatic carbocycles. The summed E-state index contributed by atoms with van der Waals surface area (Å²) in [4.78, 5) is 10.9. The molecule has 0 aliphatic heterocycles. The number of benzene rings is 2. The molecule has 0 amide bonds. The second kappa shape index (κ2) is 7.37. The highest BCUT2D eigenvalue weighted by Crippen LogP contribution is 2.41. The molecule has 5 nitrogen and oxygen atoms in total. The van der Waals surface area contributed by atoms with E-state index in [1.54, 1.807) is 19.1 Å². The fourth-order valence-corrected chi connectivity index (χ4v) is 2.79. The summed E-state index contributed by atoms with van der Waals surface area (Å²) in [6.07, 6.45) is 0.961. The number of hydrogen-bond acceptors (Lipinski definition) is 4. The lowest BCUT2D eigenvalue weighted by Crippen LogP contribution is -2.35. The Morgan fingerprint density at radius 1 is 1.28 bits per heavy atom. The van der Waals surface area contributed by atoms with Gasteiger partial charge >= 0.3 is 5.97 Å². The Morgan fingerprint density at radius 3 is 2.56 bits per heavy atom. The van der Waals surface area contributed by atoms with E-state index in [9.17, 15) is 4.79 Å². The summed E-state index contributed by atoms with van der Waals surface area (Å²) in [7, 11) is 0. The highest BCUT2D eigenvalue weighted by molar-refractivity contribution is 5.73. The molecule has 2 aromatic rings. The SMILES string of the molecule is CC(N[C@@H]1C[C@H]1c1ccc(OCc2ccc(C#N)cc2)cc1)C(=O)O. The molecule has 0 spiro atoms. The first-order valence-corrected chi connectivity index (χ1v) is 8.27. The van der Waals surface area contributed by atoms with Crippen molar-refractivity contribution in [2.75, 3.05) is 0 Å². The number of carboxylic acid groups (broad SMARTS) is 1. The van der Waals surface area contributed by atoms with Gasteiger partial charge in [0.05, 0.1) is 11.6 Å². The molecular weight excluding hydrogens is 316 g/mol. The van der Waals surface area contributed by atoms with Crippen LogP contribution in [0.5, 0.6) is 5.75 Å². The van der Waals surface area contributed by atoms with Gasteiger partial charge in [0, 0.05) is 12.0 Å². The molecule has 1 saturated carbocycles. The predicted octanol–water partition coefficient (Wildman–Crippen LogP) is 3.06. The molecule has 1 fully saturated rings. The van der Waals surface area contributed by atoms with E-state index in [1.807, 2.05) is 36.4 Å². The first-order chi connectivity index (χ1) is 12.1. The highest BCUT2D eigenvalue weighted by atomic mass is 16.5. The standard InChI is InChI=1S/C20H20N2O3/c1-13(20(23)24)22-19-10-18(19)16-6-8-17(9-7-16)25-12-15-4-2-14(11-21)3-5-15/h2-9,13,18-19,22H,10,12H2,1H3,(H,23,24)/t13?,18-,19+/m0/s1. The van der Waals surface area contributed by atoms with Crippen LogP contribution in [0.2, 0.25) is 0 Å². The van der Waals surface area contributed by atoms with Gasteiger partial charge in [-0.1, -0.05) is 24.3 Å². The number of carboxylic acids is 1. The van der Waals surface area contributed by atoms with Crippen LogP contribution in [-0.2, 0) is 11.4 Å². The van der Waals surface area contributed by atoms with Crippen molar-refractivity contribution in [2.45, 2.75) is 38.0 Å². The third-order valence-corrected chi connectivity index (χ3v) is 4.42. The van der Waals surface area contributed by atoms with E-state index in [0.29, 0.717) is 18.1 Å². The smallest absolute Gasteiger partial charge is 0.320 e. The maximum absolute atomic E-state index is 10.9. The molecule has 1 aliphatic rings.